The largest absolute Gasteiger partial charge is 0.497 e. The Labute approximate surface area is 159 Å². The average Bonchev–Trinajstić information content (AvgIpc) is 2.66. The van der Waals surface area contributed by atoms with Crippen LogP contribution in [0.4, 0.5) is 0 Å². The van der Waals surface area contributed by atoms with Crippen LogP contribution in [0.2, 0.25) is 0 Å². The molecule has 0 saturated carbocycles. The van der Waals surface area contributed by atoms with Gasteiger partial charge in [0.1, 0.15) is 16.4 Å². The monoisotopic (exact) mass is 402 g/mol. The van der Waals surface area contributed by atoms with E-state index in [2.05, 4.69) is 0 Å². The SMILES string of the molecule is COc1ccc(OS(=O)(=O)c2ccc(C(=O)O)c3c(C(=O)O)cccc23)cc1. The molecule has 0 fully saturated rings. The maximum Gasteiger partial charge on any atom is 0.339 e. The number of hydrogen-bond donors (Lipinski definition) is 2. The second-order valence-electron chi connectivity index (χ2n) is 5.66. The Kier molecular flexibility index (Phi) is 4.93. The second-order valence-corrected chi connectivity index (χ2v) is 7.18. The summed E-state index contributed by atoms with van der Waals surface area (Å²) in [6.45, 7) is 0. The van der Waals surface area contributed by atoms with E-state index < -0.39 is 22.1 Å². The van der Waals surface area contributed by atoms with Crippen molar-refractivity contribution in [3.63, 3.8) is 0 Å². The molecule has 0 bridgehead atoms. The van der Waals surface area contributed by atoms with Crippen molar-refractivity contribution in [2.75, 3.05) is 7.11 Å². The van der Waals surface area contributed by atoms with E-state index in [0.29, 0.717) is 5.75 Å². The smallest absolute Gasteiger partial charge is 0.339 e. The maximum absolute atomic E-state index is 12.8. The van der Waals surface area contributed by atoms with Crippen LogP contribution in [0.1, 0.15) is 20.7 Å². The highest BCUT2D eigenvalue weighted by molar-refractivity contribution is 7.87. The van der Waals surface area contributed by atoms with Crippen LogP contribution in [-0.4, -0.2) is 37.7 Å². The van der Waals surface area contributed by atoms with Gasteiger partial charge in [-0.2, -0.15) is 8.42 Å². The molecule has 0 aliphatic heterocycles. The number of hydrogen-bond acceptors (Lipinski definition) is 6. The van der Waals surface area contributed by atoms with Gasteiger partial charge in [-0.1, -0.05) is 12.1 Å². The molecular weight excluding hydrogens is 388 g/mol. The minimum absolute atomic E-state index is 0.0191. The second kappa shape index (κ2) is 7.20. The van der Waals surface area contributed by atoms with Gasteiger partial charge in [-0.3, -0.25) is 0 Å². The molecule has 0 aliphatic carbocycles. The number of fused-ring (bicyclic) bond motifs is 1. The van der Waals surface area contributed by atoms with Crippen LogP contribution in [0.3, 0.4) is 0 Å². The lowest BCUT2D eigenvalue weighted by Crippen LogP contribution is -2.12. The van der Waals surface area contributed by atoms with E-state index in [-0.39, 0.29) is 32.5 Å². The van der Waals surface area contributed by atoms with E-state index in [1.165, 1.54) is 49.6 Å². The molecule has 9 heteroatoms. The first-order valence-electron chi connectivity index (χ1n) is 7.85. The molecule has 8 nitrogen and oxygen atoms in total. The number of rotatable bonds is 6. The molecule has 3 aromatic carbocycles. The van der Waals surface area contributed by atoms with E-state index in [9.17, 15) is 28.2 Å². The summed E-state index contributed by atoms with van der Waals surface area (Å²) in [4.78, 5) is 22.7. The molecule has 144 valence electrons. The lowest BCUT2D eigenvalue weighted by Gasteiger charge is -2.13. The summed E-state index contributed by atoms with van der Waals surface area (Å²) < 4.78 is 35.7. The highest BCUT2D eigenvalue weighted by Crippen LogP contribution is 2.31. The van der Waals surface area contributed by atoms with E-state index >= 15 is 0 Å². The van der Waals surface area contributed by atoms with Crippen molar-refractivity contribution in [3.05, 3.63) is 65.7 Å². The molecule has 0 aliphatic rings. The van der Waals surface area contributed by atoms with Crippen molar-refractivity contribution in [3.8, 4) is 11.5 Å². The van der Waals surface area contributed by atoms with Gasteiger partial charge in [0.05, 0.1) is 18.2 Å². The fourth-order valence-corrected chi connectivity index (χ4v) is 3.89. The summed E-state index contributed by atoms with van der Waals surface area (Å²) in [5, 5.41) is 18.5. The quantitative estimate of drug-likeness (QED) is 0.602. The fourth-order valence-electron chi connectivity index (χ4n) is 2.76. The van der Waals surface area contributed by atoms with Gasteiger partial charge in [0.15, 0.2) is 0 Å². The van der Waals surface area contributed by atoms with Gasteiger partial charge < -0.3 is 19.1 Å². The summed E-state index contributed by atoms with van der Waals surface area (Å²) in [6.07, 6.45) is 0. The predicted octanol–water partition coefficient (Wildman–Crippen LogP) is 3.01. The molecule has 0 spiro atoms. The third kappa shape index (κ3) is 3.47. The van der Waals surface area contributed by atoms with Crippen LogP contribution in [-0.2, 0) is 10.1 Å². The predicted molar refractivity (Wildman–Crippen MR) is 98.7 cm³/mol. The third-order valence-electron chi connectivity index (χ3n) is 4.00. The Bertz CT molecular complexity index is 1160. The van der Waals surface area contributed by atoms with Crippen molar-refractivity contribution in [2.45, 2.75) is 4.90 Å². The zero-order valence-corrected chi connectivity index (χ0v) is 15.3. The van der Waals surface area contributed by atoms with Gasteiger partial charge in [-0.05, 0) is 42.5 Å². The number of methoxy groups -OCH3 is 1. The Balaban J connectivity index is 2.19. The maximum atomic E-state index is 12.8. The van der Waals surface area contributed by atoms with Crippen LogP contribution in [0.15, 0.2) is 59.5 Å². The number of ether oxygens (including phenoxy) is 1. The first kappa shape index (κ1) is 19.2. The number of carboxylic acids is 2. The van der Waals surface area contributed by atoms with Crippen LogP contribution < -0.4 is 8.92 Å². The third-order valence-corrected chi connectivity index (χ3v) is 5.30. The molecule has 3 aromatic rings. The summed E-state index contributed by atoms with van der Waals surface area (Å²) in [5.41, 5.74) is -0.646. The van der Waals surface area contributed by atoms with E-state index in [4.69, 9.17) is 8.92 Å². The summed E-state index contributed by atoms with van der Waals surface area (Å²) in [7, 11) is -2.91. The van der Waals surface area contributed by atoms with Crippen LogP contribution in [0.25, 0.3) is 10.8 Å². The first-order valence-corrected chi connectivity index (χ1v) is 9.26. The summed E-state index contributed by atoms with van der Waals surface area (Å²) in [5.74, 6) is -2.23. The highest BCUT2D eigenvalue weighted by atomic mass is 32.2. The molecule has 0 saturated heterocycles. The number of aromatic carboxylic acids is 2. The van der Waals surface area contributed by atoms with Crippen molar-refractivity contribution in [1.82, 2.24) is 0 Å². The van der Waals surface area contributed by atoms with Crippen LogP contribution >= 0.6 is 0 Å². The minimum Gasteiger partial charge on any atom is -0.497 e. The van der Waals surface area contributed by atoms with Crippen LogP contribution in [0.5, 0.6) is 11.5 Å². The van der Waals surface area contributed by atoms with E-state index in [1.54, 1.807) is 0 Å². The van der Waals surface area contributed by atoms with Crippen molar-refractivity contribution < 1.29 is 37.1 Å². The van der Waals surface area contributed by atoms with E-state index in [0.717, 1.165) is 12.1 Å². The zero-order valence-electron chi connectivity index (χ0n) is 14.4. The zero-order chi connectivity index (χ0) is 20.5. The van der Waals surface area contributed by atoms with Crippen molar-refractivity contribution >= 4 is 32.8 Å². The Hall–Kier alpha value is -3.59. The van der Waals surface area contributed by atoms with Gasteiger partial charge in [-0.25, -0.2) is 9.59 Å². The number of carbonyl (C=O) groups is 2. The van der Waals surface area contributed by atoms with Gasteiger partial charge in [-0.15, -0.1) is 0 Å². The normalized spacial score (nSPS) is 11.2. The highest BCUT2D eigenvalue weighted by Gasteiger charge is 2.25. The summed E-state index contributed by atoms with van der Waals surface area (Å²) in [6, 6.07) is 11.8. The Morgan fingerprint density at radius 3 is 1.96 bits per heavy atom. The minimum atomic E-state index is -4.37. The van der Waals surface area contributed by atoms with Gasteiger partial charge in [0.2, 0.25) is 0 Å². The Morgan fingerprint density at radius 1 is 0.821 bits per heavy atom. The molecule has 0 amide bonds. The molecule has 0 radical (unpaired) electrons. The molecule has 3 rings (SSSR count). The Morgan fingerprint density at radius 2 is 1.39 bits per heavy atom. The number of carboxylic acid groups (broad SMARTS) is 2. The topological polar surface area (TPSA) is 127 Å². The molecule has 0 aromatic heterocycles. The number of benzene rings is 3. The first-order chi connectivity index (χ1) is 13.2. The standard InChI is InChI=1S/C19H14O8S/c1-26-11-5-7-12(8-6-11)27-28(24,25)16-10-9-15(19(22)23)17-13(16)3-2-4-14(17)18(20)21/h2-10H,1H3,(H,20,21)(H,22,23). The van der Waals surface area contributed by atoms with Gasteiger partial charge in [0, 0.05) is 10.8 Å². The lowest BCUT2D eigenvalue weighted by atomic mass is 9.99. The van der Waals surface area contributed by atoms with Gasteiger partial charge in [0.25, 0.3) is 0 Å². The van der Waals surface area contributed by atoms with Gasteiger partial charge >= 0.3 is 22.1 Å². The van der Waals surface area contributed by atoms with Crippen molar-refractivity contribution in [2.24, 2.45) is 0 Å². The summed E-state index contributed by atoms with van der Waals surface area (Å²) >= 11 is 0. The molecule has 2 N–H and O–H groups in total. The lowest BCUT2D eigenvalue weighted by molar-refractivity contribution is 0.0695. The fraction of sp³-hybridized carbons (Fsp3) is 0.0526. The van der Waals surface area contributed by atoms with E-state index in [1.807, 2.05) is 0 Å². The van der Waals surface area contributed by atoms with Crippen molar-refractivity contribution in [1.29, 1.82) is 0 Å². The molecule has 28 heavy (non-hydrogen) atoms. The molecule has 0 atom stereocenters. The molecular formula is C19H14O8S. The molecule has 0 unspecified atom stereocenters. The van der Waals surface area contributed by atoms with Crippen LogP contribution in [0, 0.1) is 0 Å². The molecule has 0 heterocycles. The average molecular weight is 402 g/mol.